The van der Waals surface area contributed by atoms with Gasteiger partial charge >= 0.3 is 0 Å². The summed E-state index contributed by atoms with van der Waals surface area (Å²) in [6, 6.07) is 4.55. The third kappa shape index (κ3) is 2.57. The SMILES string of the molecule is COc1c(C)cc(Cl)cc1C1NCCNC1C. The molecule has 1 aromatic carbocycles. The first-order valence-electron chi connectivity index (χ1n) is 5.94. The molecule has 2 unspecified atom stereocenters. The van der Waals surface area contributed by atoms with Gasteiger partial charge in [0.25, 0.3) is 0 Å². The Morgan fingerprint density at radius 1 is 1.29 bits per heavy atom. The summed E-state index contributed by atoms with van der Waals surface area (Å²) in [7, 11) is 1.71. The highest BCUT2D eigenvalue weighted by atomic mass is 35.5. The smallest absolute Gasteiger partial charge is 0.126 e. The molecule has 1 aliphatic rings. The van der Waals surface area contributed by atoms with Crippen molar-refractivity contribution < 1.29 is 4.74 Å². The van der Waals surface area contributed by atoms with Crippen LogP contribution in [0.5, 0.6) is 5.75 Å². The first-order valence-corrected chi connectivity index (χ1v) is 6.32. The van der Waals surface area contributed by atoms with E-state index in [1.807, 2.05) is 19.1 Å². The van der Waals surface area contributed by atoms with Crippen molar-refractivity contribution in [1.29, 1.82) is 0 Å². The Kier molecular flexibility index (Phi) is 3.92. The monoisotopic (exact) mass is 254 g/mol. The van der Waals surface area contributed by atoms with Gasteiger partial charge < -0.3 is 15.4 Å². The number of methoxy groups -OCH3 is 1. The van der Waals surface area contributed by atoms with Crippen molar-refractivity contribution in [2.24, 2.45) is 0 Å². The second-order valence-corrected chi connectivity index (χ2v) is 4.96. The zero-order valence-corrected chi connectivity index (χ0v) is 11.3. The van der Waals surface area contributed by atoms with Gasteiger partial charge in [-0.25, -0.2) is 0 Å². The normalized spacial score (nSPS) is 24.7. The van der Waals surface area contributed by atoms with Crippen LogP contribution in [0.25, 0.3) is 0 Å². The summed E-state index contributed by atoms with van der Waals surface area (Å²) in [6.45, 7) is 6.16. The van der Waals surface area contributed by atoms with Crippen LogP contribution < -0.4 is 15.4 Å². The number of rotatable bonds is 2. The molecule has 0 saturated carbocycles. The summed E-state index contributed by atoms with van der Waals surface area (Å²) < 4.78 is 5.51. The second-order valence-electron chi connectivity index (χ2n) is 4.52. The Morgan fingerprint density at radius 3 is 2.65 bits per heavy atom. The van der Waals surface area contributed by atoms with E-state index in [0.29, 0.717) is 6.04 Å². The van der Waals surface area contributed by atoms with Gasteiger partial charge in [0, 0.05) is 29.7 Å². The molecule has 1 heterocycles. The van der Waals surface area contributed by atoms with Crippen molar-refractivity contribution in [3.63, 3.8) is 0 Å². The van der Waals surface area contributed by atoms with Crippen LogP contribution in [0.15, 0.2) is 12.1 Å². The van der Waals surface area contributed by atoms with Gasteiger partial charge in [0.15, 0.2) is 0 Å². The average Bonchev–Trinajstić information content (AvgIpc) is 2.28. The summed E-state index contributed by atoms with van der Waals surface area (Å²) in [6.07, 6.45) is 0. The maximum atomic E-state index is 6.14. The molecule has 0 aliphatic carbocycles. The van der Waals surface area contributed by atoms with Crippen LogP contribution in [-0.4, -0.2) is 26.2 Å². The Labute approximate surface area is 107 Å². The number of halogens is 1. The van der Waals surface area contributed by atoms with E-state index in [-0.39, 0.29) is 6.04 Å². The van der Waals surface area contributed by atoms with Crippen LogP contribution >= 0.6 is 11.6 Å². The summed E-state index contributed by atoms with van der Waals surface area (Å²) >= 11 is 6.14. The van der Waals surface area contributed by atoms with E-state index in [0.717, 1.165) is 35.0 Å². The van der Waals surface area contributed by atoms with Crippen molar-refractivity contribution >= 4 is 11.6 Å². The number of hydrogen-bond acceptors (Lipinski definition) is 3. The molecule has 1 aliphatic heterocycles. The van der Waals surface area contributed by atoms with Crippen molar-refractivity contribution in [3.05, 3.63) is 28.3 Å². The molecule has 0 amide bonds. The number of benzene rings is 1. The zero-order chi connectivity index (χ0) is 12.4. The fourth-order valence-corrected chi connectivity index (χ4v) is 2.75. The molecule has 0 radical (unpaired) electrons. The van der Waals surface area contributed by atoms with Crippen molar-refractivity contribution in [3.8, 4) is 5.75 Å². The molecule has 4 heteroatoms. The van der Waals surface area contributed by atoms with E-state index in [1.165, 1.54) is 0 Å². The predicted molar refractivity (Wildman–Crippen MR) is 70.9 cm³/mol. The topological polar surface area (TPSA) is 33.3 Å². The van der Waals surface area contributed by atoms with Crippen LogP contribution in [0.3, 0.4) is 0 Å². The molecular weight excluding hydrogens is 236 g/mol. The quantitative estimate of drug-likeness (QED) is 0.850. The van der Waals surface area contributed by atoms with Gasteiger partial charge in [-0.1, -0.05) is 11.6 Å². The minimum atomic E-state index is 0.246. The van der Waals surface area contributed by atoms with Crippen LogP contribution in [0.4, 0.5) is 0 Å². The lowest BCUT2D eigenvalue weighted by Gasteiger charge is -2.32. The van der Waals surface area contributed by atoms with Gasteiger partial charge in [-0.3, -0.25) is 0 Å². The van der Waals surface area contributed by atoms with Gasteiger partial charge in [-0.2, -0.15) is 0 Å². The first-order chi connectivity index (χ1) is 8.13. The third-order valence-electron chi connectivity index (χ3n) is 3.26. The molecular formula is C13H19ClN2O. The number of ether oxygens (including phenoxy) is 1. The second kappa shape index (κ2) is 5.25. The van der Waals surface area contributed by atoms with Gasteiger partial charge in [0.2, 0.25) is 0 Å². The largest absolute Gasteiger partial charge is 0.496 e. The van der Waals surface area contributed by atoms with Crippen LogP contribution in [-0.2, 0) is 0 Å². The van der Waals surface area contributed by atoms with Crippen molar-refractivity contribution in [2.75, 3.05) is 20.2 Å². The number of hydrogen-bond donors (Lipinski definition) is 2. The summed E-state index contributed by atoms with van der Waals surface area (Å²) in [5, 5.41) is 7.73. The van der Waals surface area contributed by atoms with E-state index in [9.17, 15) is 0 Å². The predicted octanol–water partition coefficient (Wildman–Crippen LogP) is 2.28. The first kappa shape index (κ1) is 12.7. The Balaban J connectivity index is 2.42. The molecule has 94 valence electrons. The maximum absolute atomic E-state index is 6.14. The molecule has 0 spiro atoms. The van der Waals surface area contributed by atoms with Gasteiger partial charge in [-0.15, -0.1) is 0 Å². The van der Waals surface area contributed by atoms with Crippen LogP contribution in [0.1, 0.15) is 24.1 Å². The fraction of sp³-hybridized carbons (Fsp3) is 0.538. The summed E-state index contributed by atoms with van der Waals surface area (Å²) in [5.74, 6) is 0.933. The highest BCUT2D eigenvalue weighted by Crippen LogP contribution is 2.34. The van der Waals surface area contributed by atoms with Crippen LogP contribution in [0, 0.1) is 6.92 Å². The lowest BCUT2D eigenvalue weighted by molar-refractivity contribution is 0.329. The maximum Gasteiger partial charge on any atom is 0.126 e. The Hall–Kier alpha value is -0.770. The standard InChI is InChI=1S/C13H19ClN2O/c1-8-6-10(14)7-11(13(8)17-3)12-9(2)15-4-5-16-12/h6-7,9,12,15-16H,4-5H2,1-3H3. The van der Waals surface area contributed by atoms with E-state index >= 15 is 0 Å². The Morgan fingerprint density at radius 2 is 2.00 bits per heavy atom. The summed E-state index contributed by atoms with van der Waals surface area (Å²) in [5.41, 5.74) is 2.21. The van der Waals surface area contributed by atoms with Crippen molar-refractivity contribution in [2.45, 2.75) is 25.9 Å². The lowest BCUT2D eigenvalue weighted by Crippen LogP contribution is -2.49. The Bertz CT molecular complexity index is 409. The van der Waals surface area contributed by atoms with Crippen LogP contribution in [0.2, 0.25) is 5.02 Å². The minimum Gasteiger partial charge on any atom is -0.496 e. The molecule has 0 aromatic heterocycles. The molecule has 2 rings (SSSR count). The highest BCUT2D eigenvalue weighted by Gasteiger charge is 2.25. The molecule has 1 aromatic rings. The molecule has 17 heavy (non-hydrogen) atoms. The van der Waals surface area contributed by atoms with Gasteiger partial charge in [-0.05, 0) is 31.5 Å². The number of nitrogens with one attached hydrogen (secondary N) is 2. The van der Waals surface area contributed by atoms with Gasteiger partial charge in [0.1, 0.15) is 5.75 Å². The van der Waals surface area contributed by atoms with E-state index in [4.69, 9.17) is 16.3 Å². The number of aryl methyl sites for hydroxylation is 1. The molecule has 3 nitrogen and oxygen atoms in total. The molecule has 1 fully saturated rings. The molecule has 2 atom stereocenters. The minimum absolute atomic E-state index is 0.246. The third-order valence-corrected chi connectivity index (χ3v) is 3.48. The average molecular weight is 255 g/mol. The van der Waals surface area contributed by atoms with E-state index in [2.05, 4.69) is 17.6 Å². The summed E-state index contributed by atoms with van der Waals surface area (Å²) in [4.78, 5) is 0. The molecule has 1 saturated heterocycles. The van der Waals surface area contributed by atoms with E-state index in [1.54, 1.807) is 7.11 Å². The zero-order valence-electron chi connectivity index (χ0n) is 10.5. The van der Waals surface area contributed by atoms with E-state index < -0.39 is 0 Å². The fourth-order valence-electron chi connectivity index (χ4n) is 2.47. The molecule has 0 bridgehead atoms. The molecule has 2 N–H and O–H groups in total. The van der Waals surface area contributed by atoms with Crippen molar-refractivity contribution in [1.82, 2.24) is 10.6 Å². The number of piperazine rings is 1. The van der Waals surface area contributed by atoms with Gasteiger partial charge in [0.05, 0.1) is 13.2 Å². The lowest BCUT2D eigenvalue weighted by atomic mass is 9.96. The highest BCUT2D eigenvalue weighted by molar-refractivity contribution is 6.30.